The average molecular weight is 933 g/mol. The first-order valence-corrected chi connectivity index (χ1v) is 23.7. The summed E-state index contributed by atoms with van der Waals surface area (Å²) < 4.78 is 17.0. The van der Waals surface area contributed by atoms with Gasteiger partial charge in [0, 0.05) is 7.05 Å². The number of unbranched alkanes of at least 4 members (excludes halogenated alkanes) is 3. The number of likely N-dealkylation sites (N-methyl/N-ethyl adjacent to an activating group) is 1. The maximum Gasteiger partial charge on any atom is 0.407 e. The first kappa shape index (κ1) is 57.2. The van der Waals surface area contributed by atoms with Crippen molar-refractivity contribution in [3.63, 3.8) is 0 Å². The Morgan fingerprint density at radius 2 is 1.47 bits per heavy atom. The number of rotatable bonds is 27. The molecule has 0 unspecified atom stereocenters. The van der Waals surface area contributed by atoms with E-state index in [0.717, 1.165) is 44.9 Å². The van der Waals surface area contributed by atoms with Gasteiger partial charge < -0.3 is 55.9 Å². The van der Waals surface area contributed by atoms with Crippen LogP contribution < -0.4 is 26.6 Å². The lowest BCUT2D eigenvalue weighted by Crippen LogP contribution is -2.62. The summed E-state index contributed by atoms with van der Waals surface area (Å²) in [6.07, 6.45) is 4.76. The highest BCUT2D eigenvalue weighted by molar-refractivity contribution is 5.95. The minimum absolute atomic E-state index is 0.0500. The molecule has 0 bridgehead atoms. The van der Waals surface area contributed by atoms with Crippen LogP contribution in [0, 0.1) is 17.8 Å². The van der Waals surface area contributed by atoms with Crippen molar-refractivity contribution in [2.75, 3.05) is 20.2 Å². The number of carbonyl (C=O) groups excluding carboxylic acids is 6. The van der Waals surface area contributed by atoms with E-state index in [1.165, 1.54) is 11.8 Å². The Balaban J connectivity index is 2.38. The van der Waals surface area contributed by atoms with Gasteiger partial charge in [0.2, 0.25) is 23.6 Å². The standard InChI is InChI=1S/C48H80N6O12/c1-11-12-13-20-25-38(64-28-31(4)50-47(63)66-48(7,8)9)32(5)44(59)54(10)37(26-30(2)3)42(57)53-40(35-23-18-15-19-24-35)43(58)51-36(41(56)52-39(33(6)55)45(60)61)27-49-46(62)65-29-34-21-16-14-17-22-34/h14,16-17,21-22,30-33,35-40,55H,11-13,15,18-20,23-29H2,1-10H3,(H,49,62)(H,50,63)(H,51,58)(H,52,56)(H,53,57)(H,60,61)/t31-,32-,33+,36+,37+,38-,39+,40+/m1/s1. The zero-order chi connectivity index (χ0) is 49.6. The number of carbonyl (C=O) groups is 7. The summed E-state index contributed by atoms with van der Waals surface area (Å²) in [6, 6.07) is 2.97. The first-order valence-electron chi connectivity index (χ1n) is 23.7. The molecule has 18 heteroatoms. The molecule has 1 aromatic rings. The molecule has 1 aliphatic rings. The molecular formula is C48H80N6O12. The van der Waals surface area contributed by atoms with Gasteiger partial charge in [-0.05, 0) is 77.7 Å². The van der Waals surface area contributed by atoms with Gasteiger partial charge in [0.05, 0.1) is 37.3 Å². The van der Waals surface area contributed by atoms with Gasteiger partial charge in [-0.25, -0.2) is 14.4 Å². The van der Waals surface area contributed by atoms with Crippen LogP contribution in [-0.2, 0) is 44.8 Å². The number of amides is 6. The molecular weight excluding hydrogens is 853 g/mol. The van der Waals surface area contributed by atoms with E-state index in [1.807, 2.05) is 13.8 Å². The zero-order valence-electron chi connectivity index (χ0n) is 41.0. The van der Waals surface area contributed by atoms with E-state index in [1.54, 1.807) is 72.0 Å². The Bertz CT molecular complexity index is 1680. The number of aliphatic hydroxyl groups excluding tert-OH is 1. The molecule has 66 heavy (non-hydrogen) atoms. The van der Waals surface area contributed by atoms with Gasteiger partial charge in [0.25, 0.3) is 0 Å². The van der Waals surface area contributed by atoms with Crippen molar-refractivity contribution in [3.8, 4) is 0 Å². The van der Waals surface area contributed by atoms with E-state index < -0.39 is 96.4 Å². The van der Waals surface area contributed by atoms with Crippen molar-refractivity contribution in [1.82, 2.24) is 31.5 Å². The SMILES string of the molecule is CCCCCC[C@@H](OC[C@@H](C)NC(=O)OC(C)(C)C)[C@@H](C)C(=O)N(C)[C@@H](CC(C)C)C(=O)N[C@H](C(=O)N[C@@H](CNC(=O)OCc1ccccc1)C(=O)N[C@H](C(=O)O)[C@H](C)O)C1CCCCC1. The third-order valence-electron chi connectivity index (χ3n) is 11.5. The average Bonchev–Trinajstić information content (AvgIpc) is 3.25. The van der Waals surface area contributed by atoms with Gasteiger partial charge in [0.15, 0.2) is 6.04 Å². The second kappa shape index (κ2) is 28.9. The molecule has 0 radical (unpaired) electrons. The highest BCUT2D eigenvalue weighted by Gasteiger charge is 2.39. The number of hydrogen-bond donors (Lipinski definition) is 7. The summed E-state index contributed by atoms with van der Waals surface area (Å²) in [7, 11) is 1.56. The summed E-state index contributed by atoms with van der Waals surface area (Å²) in [5.74, 6) is -5.27. The third kappa shape index (κ3) is 21.1. The molecule has 6 amide bonds. The van der Waals surface area contributed by atoms with Crippen molar-refractivity contribution in [1.29, 1.82) is 0 Å². The molecule has 18 nitrogen and oxygen atoms in total. The molecule has 0 aliphatic heterocycles. The largest absolute Gasteiger partial charge is 0.480 e. The Hall–Kier alpha value is -4.97. The molecule has 8 atom stereocenters. The van der Waals surface area contributed by atoms with Gasteiger partial charge in [0.1, 0.15) is 30.3 Å². The minimum Gasteiger partial charge on any atom is -0.480 e. The Kier molecular flexibility index (Phi) is 25.1. The molecule has 0 saturated heterocycles. The number of aliphatic hydroxyl groups is 1. The van der Waals surface area contributed by atoms with Crippen LogP contribution in [0.5, 0.6) is 0 Å². The number of nitrogens with zero attached hydrogens (tertiary/aromatic N) is 1. The van der Waals surface area contributed by atoms with Crippen LogP contribution >= 0.6 is 0 Å². The zero-order valence-corrected chi connectivity index (χ0v) is 41.0. The minimum atomic E-state index is -1.73. The molecule has 374 valence electrons. The van der Waals surface area contributed by atoms with Gasteiger partial charge in [-0.2, -0.15) is 0 Å². The fraction of sp³-hybridized carbons (Fsp3) is 0.729. The highest BCUT2D eigenvalue weighted by Crippen LogP contribution is 2.28. The third-order valence-corrected chi connectivity index (χ3v) is 11.5. The van der Waals surface area contributed by atoms with Crippen molar-refractivity contribution in [2.24, 2.45) is 17.8 Å². The first-order chi connectivity index (χ1) is 31.0. The van der Waals surface area contributed by atoms with E-state index >= 15 is 0 Å². The molecule has 0 aromatic heterocycles. The molecule has 1 saturated carbocycles. The van der Waals surface area contributed by atoms with Crippen molar-refractivity contribution < 1.29 is 58.0 Å². The molecule has 1 aromatic carbocycles. The number of aliphatic carboxylic acids is 1. The van der Waals surface area contributed by atoms with Crippen molar-refractivity contribution >= 4 is 41.8 Å². The lowest BCUT2D eigenvalue weighted by Gasteiger charge is -2.36. The second-order valence-electron chi connectivity index (χ2n) is 19.1. The Morgan fingerprint density at radius 3 is 2.05 bits per heavy atom. The summed E-state index contributed by atoms with van der Waals surface area (Å²) in [6.45, 7) is 15.5. The van der Waals surface area contributed by atoms with E-state index in [-0.39, 0.29) is 37.4 Å². The number of carboxylic acid groups (broad SMARTS) is 1. The summed E-state index contributed by atoms with van der Waals surface area (Å²) in [5.41, 5.74) is 0.0239. The highest BCUT2D eigenvalue weighted by atomic mass is 16.6. The fourth-order valence-electron chi connectivity index (χ4n) is 7.78. The monoisotopic (exact) mass is 933 g/mol. The molecule has 0 spiro atoms. The van der Waals surface area contributed by atoms with E-state index in [4.69, 9.17) is 14.2 Å². The molecule has 7 N–H and O–H groups in total. The number of nitrogens with one attached hydrogen (secondary N) is 5. The Labute approximate surface area is 391 Å². The number of benzene rings is 1. The number of alkyl carbamates (subject to hydrolysis) is 2. The topological polar surface area (TPSA) is 251 Å². The summed E-state index contributed by atoms with van der Waals surface area (Å²) in [4.78, 5) is 95.5. The van der Waals surface area contributed by atoms with Crippen molar-refractivity contribution in [2.45, 2.75) is 188 Å². The van der Waals surface area contributed by atoms with Crippen LogP contribution in [0.2, 0.25) is 0 Å². The van der Waals surface area contributed by atoms with E-state index in [2.05, 4.69) is 33.5 Å². The molecule has 1 fully saturated rings. The molecule has 0 heterocycles. The second-order valence-corrected chi connectivity index (χ2v) is 19.1. The molecule has 2 rings (SSSR count). The van der Waals surface area contributed by atoms with E-state index in [9.17, 15) is 43.8 Å². The van der Waals surface area contributed by atoms with Crippen molar-refractivity contribution in [3.05, 3.63) is 35.9 Å². The maximum absolute atomic E-state index is 14.5. The van der Waals surface area contributed by atoms with E-state index in [0.29, 0.717) is 24.8 Å². The van der Waals surface area contributed by atoms with Crippen LogP contribution in [0.1, 0.15) is 139 Å². The number of carboxylic acids is 1. The van der Waals surface area contributed by atoms with Crippen LogP contribution in [0.4, 0.5) is 9.59 Å². The molecule has 1 aliphatic carbocycles. The Morgan fingerprint density at radius 1 is 0.818 bits per heavy atom. The number of hydrogen-bond acceptors (Lipinski definition) is 11. The summed E-state index contributed by atoms with van der Waals surface area (Å²) in [5, 5.41) is 32.8. The van der Waals surface area contributed by atoms with Gasteiger partial charge in [-0.1, -0.05) is 103 Å². The lowest BCUT2D eigenvalue weighted by atomic mass is 9.83. The fourth-order valence-corrected chi connectivity index (χ4v) is 7.78. The normalized spacial score (nSPS) is 16.8. The smallest absolute Gasteiger partial charge is 0.407 e. The van der Waals surface area contributed by atoms with Crippen LogP contribution in [0.3, 0.4) is 0 Å². The predicted molar refractivity (Wildman–Crippen MR) is 249 cm³/mol. The van der Waals surface area contributed by atoms with Gasteiger partial charge >= 0.3 is 18.2 Å². The summed E-state index contributed by atoms with van der Waals surface area (Å²) >= 11 is 0. The lowest BCUT2D eigenvalue weighted by molar-refractivity contribution is -0.147. The van der Waals surface area contributed by atoms with Crippen LogP contribution in [0.25, 0.3) is 0 Å². The van der Waals surface area contributed by atoms with Gasteiger partial charge in [-0.3, -0.25) is 19.2 Å². The predicted octanol–water partition coefficient (Wildman–Crippen LogP) is 5.19. The number of ether oxygens (including phenoxy) is 3. The maximum atomic E-state index is 14.5. The quantitative estimate of drug-likeness (QED) is 0.0564. The van der Waals surface area contributed by atoms with Crippen LogP contribution in [-0.4, -0.2) is 125 Å². The van der Waals surface area contributed by atoms with Crippen LogP contribution in [0.15, 0.2) is 30.3 Å². The van der Waals surface area contributed by atoms with Gasteiger partial charge in [-0.15, -0.1) is 0 Å².